The van der Waals surface area contributed by atoms with Gasteiger partial charge in [0.25, 0.3) is 0 Å². The summed E-state index contributed by atoms with van der Waals surface area (Å²) in [5.74, 6) is -0.444. The predicted octanol–water partition coefficient (Wildman–Crippen LogP) is 1.56. The van der Waals surface area contributed by atoms with E-state index in [0.29, 0.717) is 6.42 Å². The fourth-order valence-corrected chi connectivity index (χ4v) is 2.96. The molecule has 0 bridgehead atoms. The molecule has 0 aromatic heterocycles. The van der Waals surface area contributed by atoms with Gasteiger partial charge in [0.05, 0.1) is 0 Å². The van der Waals surface area contributed by atoms with Crippen LogP contribution in [0.2, 0.25) is 0 Å². The molecule has 1 atom stereocenters. The van der Waals surface area contributed by atoms with E-state index in [1.807, 2.05) is 6.92 Å². The number of nitrogens with one attached hydrogen (secondary N) is 2. The molecule has 5 nitrogen and oxygen atoms in total. The lowest BCUT2D eigenvalue weighted by atomic mass is 9.94. The minimum Gasteiger partial charge on any atom is -0.314 e. The van der Waals surface area contributed by atoms with Crippen molar-refractivity contribution < 1.29 is 10.0 Å². The molecule has 0 aliphatic carbocycles. The van der Waals surface area contributed by atoms with Gasteiger partial charge in [-0.1, -0.05) is 37.6 Å². The summed E-state index contributed by atoms with van der Waals surface area (Å²) in [7, 11) is 0. The number of hydrogen-bond donors (Lipinski definition) is 3. The van der Waals surface area contributed by atoms with E-state index in [1.165, 1.54) is 5.56 Å². The maximum Gasteiger partial charge on any atom is 0.246 e. The Bertz CT molecular complexity index is 455. The summed E-state index contributed by atoms with van der Waals surface area (Å²) in [5.41, 5.74) is 4.24. The van der Waals surface area contributed by atoms with Gasteiger partial charge in [0.2, 0.25) is 5.91 Å². The fraction of sp³-hybridized carbons (Fsp3) is 0.588. The topological polar surface area (TPSA) is 64.6 Å². The summed E-state index contributed by atoms with van der Waals surface area (Å²) in [4.78, 5) is 14.1. The van der Waals surface area contributed by atoms with Gasteiger partial charge in [-0.15, -0.1) is 0 Å². The maximum absolute atomic E-state index is 11.7. The van der Waals surface area contributed by atoms with Crippen LogP contribution in [0.3, 0.4) is 0 Å². The van der Waals surface area contributed by atoms with Gasteiger partial charge >= 0.3 is 0 Å². The molecule has 1 aliphatic rings. The zero-order chi connectivity index (χ0) is 15.8. The third kappa shape index (κ3) is 5.09. The minimum atomic E-state index is -0.285. The number of rotatable bonds is 7. The van der Waals surface area contributed by atoms with Crippen LogP contribution in [-0.4, -0.2) is 42.2 Å². The van der Waals surface area contributed by atoms with Crippen molar-refractivity contribution in [3.63, 3.8) is 0 Å². The molecule has 0 radical (unpaired) electrons. The van der Waals surface area contributed by atoms with Crippen LogP contribution in [0.5, 0.6) is 0 Å². The Kier molecular flexibility index (Phi) is 6.83. The molecule has 1 aromatic carbocycles. The van der Waals surface area contributed by atoms with Gasteiger partial charge < -0.3 is 5.32 Å². The van der Waals surface area contributed by atoms with Crippen molar-refractivity contribution in [1.29, 1.82) is 0 Å². The monoisotopic (exact) mass is 305 g/mol. The molecule has 1 unspecified atom stereocenters. The van der Waals surface area contributed by atoms with Crippen LogP contribution in [-0.2, 0) is 17.8 Å². The van der Waals surface area contributed by atoms with Gasteiger partial charge in [0.1, 0.15) is 0 Å². The number of piperazine rings is 1. The second-order valence-electron chi connectivity index (χ2n) is 6.01. The highest BCUT2D eigenvalue weighted by Gasteiger charge is 2.17. The second-order valence-corrected chi connectivity index (χ2v) is 6.01. The van der Waals surface area contributed by atoms with Crippen LogP contribution < -0.4 is 10.8 Å². The van der Waals surface area contributed by atoms with Crippen LogP contribution in [0.15, 0.2) is 24.3 Å². The van der Waals surface area contributed by atoms with Crippen molar-refractivity contribution in [1.82, 2.24) is 15.7 Å². The zero-order valence-corrected chi connectivity index (χ0v) is 13.3. The maximum atomic E-state index is 11.7. The van der Waals surface area contributed by atoms with E-state index in [4.69, 9.17) is 5.21 Å². The molecule has 1 fully saturated rings. The van der Waals surface area contributed by atoms with E-state index in [-0.39, 0.29) is 11.8 Å². The summed E-state index contributed by atoms with van der Waals surface area (Å²) in [6.45, 7) is 7.35. The lowest BCUT2D eigenvalue weighted by Gasteiger charge is -2.27. The van der Waals surface area contributed by atoms with Gasteiger partial charge in [-0.3, -0.25) is 14.9 Å². The lowest BCUT2D eigenvalue weighted by molar-refractivity contribution is -0.133. The van der Waals surface area contributed by atoms with Crippen molar-refractivity contribution in [3.8, 4) is 0 Å². The quantitative estimate of drug-likeness (QED) is 0.528. The SMILES string of the molecule is CCCC(Cc1ccc(CN2CCNCC2)cc1)C(=O)NO. The first-order valence-corrected chi connectivity index (χ1v) is 8.17. The summed E-state index contributed by atoms with van der Waals surface area (Å²) in [6, 6.07) is 8.50. The number of carbonyl (C=O) groups is 1. The Balaban J connectivity index is 1.91. The van der Waals surface area contributed by atoms with Crippen LogP contribution in [0.4, 0.5) is 0 Å². The van der Waals surface area contributed by atoms with E-state index in [9.17, 15) is 4.79 Å². The van der Waals surface area contributed by atoms with Crippen molar-refractivity contribution in [2.45, 2.75) is 32.7 Å². The zero-order valence-electron chi connectivity index (χ0n) is 13.3. The van der Waals surface area contributed by atoms with Gasteiger partial charge in [0, 0.05) is 38.6 Å². The summed E-state index contributed by atoms with van der Waals surface area (Å²) in [5, 5.41) is 12.2. The van der Waals surface area contributed by atoms with E-state index in [2.05, 4.69) is 34.5 Å². The summed E-state index contributed by atoms with van der Waals surface area (Å²) >= 11 is 0. The summed E-state index contributed by atoms with van der Waals surface area (Å²) < 4.78 is 0. The van der Waals surface area contributed by atoms with Gasteiger partial charge in [-0.2, -0.15) is 0 Å². The van der Waals surface area contributed by atoms with Gasteiger partial charge in [-0.25, -0.2) is 5.48 Å². The standard InChI is InChI=1S/C17H27N3O2/c1-2-3-16(17(21)19-22)12-14-4-6-15(7-5-14)13-20-10-8-18-9-11-20/h4-7,16,18,22H,2-3,8-13H2,1H3,(H,19,21). The predicted molar refractivity (Wildman–Crippen MR) is 86.6 cm³/mol. The molecule has 0 spiro atoms. The molecule has 1 aromatic rings. The van der Waals surface area contributed by atoms with Crippen LogP contribution in [0.1, 0.15) is 30.9 Å². The number of nitrogens with zero attached hydrogens (tertiary/aromatic N) is 1. The van der Waals surface area contributed by atoms with Crippen LogP contribution in [0.25, 0.3) is 0 Å². The van der Waals surface area contributed by atoms with E-state index < -0.39 is 0 Å². The van der Waals surface area contributed by atoms with Crippen molar-refractivity contribution in [2.75, 3.05) is 26.2 Å². The van der Waals surface area contributed by atoms with E-state index >= 15 is 0 Å². The normalized spacial score (nSPS) is 17.2. The molecule has 0 saturated carbocycles. The summed E-state index contributed by atoms with van der Waals surface area (Å²) in [6.07, 6.45) is 2.39. The molecule has 3 N–H and O–H groups in total. The second kappa shape index (κ2) is 8.88. The Labute approximate surface area is 132 Å². The highest BCUT2D eigenvalue weighted by Crippen LogP contribution is 2.16. The Hall–Kier alpha value is -1.43. The highest BCUT2D eigenvalue weighted by atomic mass is 16.5. The van der Waals surface area contributed by atoms with Crippen LogP contribution >= 0.6 is 0 Å². The average Bonchev–Trinajstić information content (AvgIpc) is 2.56. The molecule has 1 amide bonds. The first kappa shape index (κ1) is 16.9. The van der Waals surface area contributed by atoms with Gasteiger partial charge in [0.15, 0.2) is 0 Å². The number of benzene rings is 1. The first-order valence-electron chi connectivity index (χ1n) is 8.17. The molecule has 5 heteroatoms. The van der Waals surface area contributed by atoms with Gasteiger partial charge in [-0.05, 0) is 24.0 Å². The third-order valence-electron chi connectivity index (χ3n) is 4.24. The van der Waals surface area contributed by atoms with Crippen molar-refractivity contribution in [2.24, 2.45) is 5.92 Å². The van der Waals surface area contributed by atoms with E-state index in [1.54, 1.807) is 5.48 Å². The molecule has 122 valence electrons. The van der Waals surface area contributed by atoms with E-state index in [0.717, 1.165) is 51.1 Å². The Morgan fingerprint density at radius 1 is 1.27 bits per heavy atom. The number of amides is 1. The molecule has 1 aliphatic heterocycles. The molecule has 1 heterocycles. The average molecular weight is 305 g/mol. The Morgan fingerprint density at radius 3 is 2.50 bits per heavy atom. The molecular formula is C17H27N3O2. The molecule has 2 rings (SSSR count). The molecular weight excluding hydrogens is 278 g/mol. The number of hydroxylamine groups is 1. The number of carbonyl (C=O) groups excluding carboxylic acids is 1. The third-order valence-corrected chi connectivity index (χ3v) is 4.24. The van der Waals surface area contributed by atoms with Crippen molar-refractivity contribution >= 4 is 5.91 Å². The first-order chi connectivity index (χ1) is 10.7. The fourth-order valence-electron chi connectivity index (χ4n) is 2.96. The smallest absolute Gasteiger partial charge is 0.246 e. The lowest BCUT2D eigenvalue weighted by Crippen LogP contribution is -2.42. The highest BCUT2D eigenvalue weighted by molar-refractivity contribution is 5.77. The number of hydrogen-bond acceptors (Lipinski definition) is 4. The molecule has 1 saturated heterocycles. The minimum absolute atomic E-state index is 0.158. The van der Waals surface area contributed by atoms with Crippen molar-refractivity contribution in [3.05, 3.63) is 35.4 Å². The molecule has 22 heavy (non-hydrogen) atoms. The van der Waals surface area contributed by atoms with Crippen LogP contribution in [0, 0.1) is 5.92 Å². The largest absolute Gasteiger partial charge is 0.314 e. The Morgan fingerprint density at radius 2 is 1.91 bits per heavy atom.